The second-order valence-corrected chi connectivity index (χ2v) is 7.08. The fraction of sp³-hybridized carbons (Fsp3) is 0.500. The highest BCUT2D eigenvalue weighted by atomic mass is 16.6. The Morgan fingerprint density at radius 2 is 1.69 bits per heavy atom. The number of rotatable bonds is 3. The maximum Gasteiger partial charge on any atom is 0.352 e. The lowest BCUT2D eigenvalue weighted by atomic mass is 10.1. The van der Waals surface area contributed by atoms with Crippen molar-refractivity contribution in [1.82, 2.24) is 10.6 Å². The summed E-state index contributed by atoms with van der Waals surface area (Å²) in [7, 11) is 0. The van der Waals surface area contributed by atoms with Crippen LogP contribution in [0.5, 0.6) is 11.5 Å². The Morgan fingerprint density at radius 1 is 1.12 bits per heavy atom. The zero-order valence-corrected chi connectivity index (χ0v) is 15.5. The van der Waals surface area contributed by atoms with Gasteiger partial charge in [-0.3, -0.25) is 10.1 Å². The first-order chi connectivity index (χ1) is 12.1. The molecule has 0 saturated heterocycles. The number of imide groups is 1. The van der Waals surface area contributed by atoms with E-state index in [0.29, 0.717) is 11.5 Å². The molecule has 142 valence electrons. The molecule has 2 rings (SSSR count). The molecule has 1 heterocycles. The summed E-state index contributed by atoms with van der Waals surface area (Å²) in [5.41, 5.74) is -0.500. The molecule has 0 aromatic heterocycles. The van der Waals surface area contributed by atoms with E-state index in [1.807, 2.05) is 0 Å². The summed E-state index contributed by atoms with van der Waals surface area (Å²) in [5.74, 6) is -0.515. The number of urea groups is 1. The molecule has 26 heavy (non-hydrogen) atoms. The Kier molecular flexibility index (Phi) is 5.74. The highest BCUT2D eigenvalue weighted by Crippen LogP contribution is 2.33. The summed E-state index contributed by atoms with van der Waals surface area (Å²) < 4.78 is 16.4. The fourth-order valence-electron chi connectivity index (χ4n) is 2.26. The quantitative estimate of drug-likeness (QED) is 0.793. The molecule has 0 bridgehead atoms. The molecule has 1 aromatic rings. The van der Waals surface area contributed by atoms with Gasteiger partial charge in [0.05, 0.1) is 0 Å². The fourth-order valence-corrected chi connectivity index (χ4v) is 2.26. The van der Waals surface area contributed by atoms with E-state index < -0.39 is 41.8 Å². The number of benzene rings is 1. The highest BCUT2D eigenvalue weighted by molar-refractivity contribution is 5.97. The van der Waals surface area contributed by atoms with Crippen LogP contribution in [0.4, 0.5) is 4.79 Å². The van der Waals surface area contributed by atoms with Crippen molar-refractivity contribution in [3.05, 3.63) is 24.3 Å². The smallest absolute Gasteiger partial charge is 0.352 e. The molecular formula is C18H24N2O6. The van der Waals surface area contributed by atoms with Crippen LogP contribution in [-0.2, 0) is 14.3 Å². The van der Waals surface area contributed by atoms with Crippen molar-refractivity contribution in [3.63, 3.8) is 0 Å². The predicted octanol–water partition coefficient (Wildman–Crippen LogP) is 1.77. The van der Waals surface area contributed by atoms with Gasteiger partial charge in [-0.05, 0) is 46.8 Å². The maximum absolute atomic E-state index is 12.3. The van der Waals surface area contributed by atoms with Gasteiger partial charge in [0.1, 0.15) is 6.10 Å². The van der Waals surface area contributed by atoms with Crippen molar-refractivity contribution in [2.24, 2.45) is 0 Å². The number of nitrogens with one attached hydrogen (secondary N) is 2. The molecule has 3 atom stereocenters. The van der Waals surface area contributed by atoms with Crippen LogP contribution < -0.4 is 20.1 Å². The van der Waals surface area contributed by atoms with Crippen LogP contribution in [0.2, 0.25) is 0 Å². The van der Waals surface area contributed by atoms with Crippen LogP contribution in [-0.4, -0.2) is 41.8 Å². The number of hydrogen-bond donors (Lipinski definition) is 2. The molecule has 0 spiro atoms. The molecule has 3 amide bonds. The number of hydrogen-bond acceptors (Lipinski definition) is 6. The molecule has 1 aliphatic rings. The first kappa shape index (κ1) is 19.6. The topological polar surface area (TPSA) is 103 Å². The first-order valence-corrected chi connectivity index (χ1v) is 8.32. The van der Waals surface area contributed by atoms with E-state index in [-0.39, 0.29) is 0 Å². The van der Waals surface area contributed by atoms with Gasteiger partial charge in [-0.15, -0.1) is 0 Å². The van der Waals surface area contributed by atoms with Gasteiger partial charge in [0, 0.05) is 5.54 Å². The van der Waals surface area contributed by atoms with E-state index in [2.05, 4.69) is 10.6 Å². The van der Waals surface area contributed by atoms with Crippen molar-refractivity contribution in [2.45, 2.75) is 58.5 Å². The Labute approximate surface area is 152 Å². The number of carbonyl (C=O) groups excluding carboxylic acids is 3. The average Bonchev–Trinajstić information content (AvgIpc) is 2.51. The summed E-state index contributed by atoms with van der Waals surface area (Å²) in [6.45, 7) is 8.38. The van der Waals surface area contributed by atoms with Crippen molar-refractivity contribution in [3.8, 4) is 11.5 Å². The Morgan fingerprint density at radius 3 is 2.27 bits per heavy atom. The average molecular weight is 364 g/mol. The third-order valence-electron chi connectivity index (χ3n) is 3.46. The first-order valence-electron chi connectivity index (χ1n) is 8.32. The molecule has 8 heteroatoms. The van der Waals surface area contributed by atoms with Gasteiger partial charge in [0.2, 0.25) is 6.10 Å². The Balaban J connectivity index is 1.92. The van der Waals surface area contributed by atoms with Gasteiger partial charge >= 0.3 is 12.0 Å². The molecule has 0 saturated carbocycles. The van der Waals surface area contributed by atoms with Gasteiger partial charge in [-0.1, -0.05) is 12.1 Å². The van der Waals surface area contributed by atoms with Crippen molar-refractivity contribution < 1.29 is 28.6 Å². The van der Waals surface area contributed by atoms with E-state index in [1.54, 1.807) is 52.0 Å². The minimum atomic E-state index is -1.17. The lowest BCUT2D eigenvalue weighted by Crippen LogP contribution is -2.51. The number of esters is 1. The second-order valence-electron chi connectivity index (χ2n) is 7.08. The number of fused-ring (bicyclic) bond motifs is 1. The van der Waals surface area contributed by atoms with Gasteiger partial charge < -0.3 is 19.5 Å². The molecule has 3 unspecified atom stereocenters. The summed E-state index contributed by atoms with van der Waals surface area (Å²) in [6.07, 6.45) is -2.76. The molecule has 2 N–H and O–H groups in total. The Hall–Kier alpha value is -2.77. The number of amides is 3. The van der Waals surface area contributed by atoms with Crippen molar-refractivity contribution in [2.75, 3.05) is 0 Å². The summed E-state index contributed by atoms with van der Waals surface area (Å²) in [5, 5.41) is 4.72. The van der Waals surface area contributed by atoms with Crippen LogP contribution >= 0.6 is 0 Å². The van der Waals surface area contributed by atoms with E-state index in [0.717, 1.165) is 0 Å². The minimum Gasteiger partial charge on any atom is -0.482 e. The monoisotopic (exact) mass is 364 g/mol. The molecule has 0 aliphatic carbocycles. The van der Waals surface area contributed by atoms with Crippen LogP contribution in [0.1, 0.15) is 34.6 Å². The molecule has 0 fully saturated rings. The minimum absolute atomic E-state index is 0.425. The highest BCUT2D eigenvalue weighted by Gasteiger charge is 2.37. The van der Waals surface area contributed by atoms with Crippen molar-refractivity contribution in [1.29, 1.82) is 0 Å². The largest absolute Gasteiger partial charge is 0.482 e. The molecular weight excluding hydrogens is 340 g/mol. The van der Waals surface area contributed by atoms with Gasteiger partial charge in [-0.2, -0.15) is 0 Å². The van der Waals surface area contributed by atoms with Crippen LogP contribution in [0.15, 0.2) is 24.3 Å². The third-order valence-corrected chi connectivity index (χ3v) is 3.46. The van der Waals surface area contributed by atoms with Crippen LogP contribution in [0.25, 0.3) is 0 Å². The third kappa shape index (κ3) is 5.11. The van der Waals surface area contributed by atoms with E-state index in [9.17, 15) is 14.4 Å². The molecule has 0 radical (unpaired) electrons. The SMILES string of the molecule is CC(OC(=O)C1Oc2ccccc2OC1C)C(=O)NC(=O)NC(C)(C)C. The zero-order valence-electron chi connectivity index (χ0n) is 15.5. The lowest BCUT2D eigenvalue weighted by Gasteiger charge is -2.31. The normalized spacial score (nSPS) is 19.9. The lowest BCUT2D eigenvalue weighted by molar-refractivity contribution is -0.166. The van der Waals surface area contributed by atoms with Gasteiger partial charge in [0.15, 0.2) is 17.6 Å². The van der Waals surface area contributed by atoms with Crippen LogP contribution in [0, 0.1) is 0 Å². The molecule has 8 nitrogen and oxygen atoms in total. The van der Waals surface area contributed by atoms with E-state index >= 15 is 0 Å². The van der Waals surface area contributed by atoms with Crippen molar-refractivity contribution >= 4 is 17.9 Å². The van der Waals surface area contributed by atoms with Gasteiger partial charge in [-0.25, -0.2) is 9.59 Å². The number of para-hydroxylation sites is 2. The summed E-state index contributed by atoms with van der Waals surface area (Å²) in [6, 6.07) is 6.30. The number of ether oxygens (including phenoxy) is 3. The van der Waals surface area contributed by atoms with E-state index in [1.165, 1.54) is 6.92 Å². The standard InChI is InChI=1S/C18H24N2O6/c1-10-14(26-13-9-7-6-8-12(13)24-10)16(22)25-11(2)15(21)19-17(23)20-18(3,4)5/h6-11,14H,1-5H3,(H2,19,20,21,23). The Bertz CT molecular complexity index is 697. The van der Waals surface area contributed by atoms with Crippen LogP contribution in [0.3, 0.4) is 0 Å². The predicted molar refractivity (Wildman–Crippen MR) is 92.9 cm³/mol. The summed E-state index contributed by atoms with van der Waals surface area (Å²) in [4.78, 5) is 36.1. The summed E-state index contributed by atoms with van der Waals surface area (Å²) >= 11 is 0. The maximum atomic E-state index is 12.3. The zero-order chi connectivity index (χ0) is 19.5. The second kappa shape index (κ2) is 7.63. The van der Waals surface area contributed by atoms with Gasteiger partial charge in [0.25, 0.3) is 5.91 Å². The number of carbonyl (C=O) groups is 3. The molecule has 1 aliphatic heterocycles. The van der Waals surface area contributed by atoms with E-state index in [4.69, 9.17) is 14.2 Å². The molecule has 1 aromatic carbocycles.